The van der Waals surface area contributed by atoms with Gasteiger partial charge in [-0.2, -0.15) is 0 Å². The molecule has 1 atom stereocenters. The first kappa shape index (κ1) is 14.6. The lowest BCUT2D eigenvalue weighted by molar-refractivity contribution is 0.145. The lowest BCUT2D eigenvalue weighted by atomic mass is 9.91. The van der Waals surface area contributed by atoms with Crippen molar-refractivity contribution in [1.82, 2.24) is 10.2 Å². The molecule has 19 heavy (non-hydrogen) atoms. The minimum Gasteiger partial charge on any atom is -0.379 e. The molecule has 1 saturated carbocycles. The summed E-state index contributed by atoms with van der Waals surface area (Å²) >= 11 is 0. The summed E-state index contributed by atoms with van der Waals surface area (Å²) in [6, 6.07) is 0.962. The van der Waals surface area contributed by atoms with Crippen molar-refractivity contribution >= 4 is 6.03 Å². The lowest BCUT2D eigenvalue weighted by Gasteiger charge is -2.36. The third kappa shape index (κ3) is 4.08. The highest BCUT2D eigenvalue weighted by atomic mass is 16.5. The zero-order valence-corrected chi connectivity index (χ0v) is 11.9. The van der Waals surface area contributed by atoms with Gasteiger partial charge in [0.05, 0.1) is 12.6 Å². The zero-order chi connectivity index (χ0) is 13.7. The number of carbonyl (C=O) groups is 1. The summed E-state index contributed by atoms with van der Waals surface area (Å²) < 4.78 is 5.31. The summed E-state index contributed by atoms with van der Waals surface area (Å²) in [6.45, 7) is 4.37. The summed E-state index contributed by atoms with van der Waals surface area (Å²) in [7, 11) is 0. The van der Waals surface area contributed by atoms with Gasteiger partial charge in [-0.1, -0.05) is 6.92 Å². The van der Waals surface area contributed by atoms with Crippen LogP contribution in [0, 0.1) is 0 Å². The molecular weight excluding hydrogens is 242 g/mol. The van der Waals surface area contributed by atoms with E-state index in [1.54, 1.807) is 0 Å². The molecule has 2 amide bonds. The van der Waals surface area contributed by atoms with E-state index < -0.39 is 0 Å². The van der Waals surface area contributed by atoms with Crippen LogP contribution >= 0.6 is 0 Å². The van der Waals surface area contributed by atoms with E-state index >= 15 is 0 Å². The van der Waals surface area contributed by atoms with Gasteiger partial charge in [0.1, 0.15) is 0 Å². The number of rotatable bonds is 4. The van der Waals surface area contributed by atoms with Gasteiger partial charge in [-0.05, 0) is 38.5 Å². The molecule has 0 aromatic carbocycles. The fourth-order valence-corrected chi connectivity index (χ4v) is 3.01. The van der Waals surface area contributed by atoms with E-state index in [2.05, 4.69) is 12.2 Å². The second-order valence-electron chi connectivity index (χ2n) is 5.77. The molecule has 0 radical (unpaired) electrons. The Bertz CT molecular complexity index is 284. The first-order valence-corrected chi connectivity index (χ1v) is 7.61. The van der Waals surface area contributed by atoms with Gasteiger partial charge in [-0.3, -0.25) is 0 Å². The Morgan fingerprint density at radius 1 is 1.32 bits per heavy atom. The number of amides is 2. The summed E-state index contributed by atoms with van der Waals surface area (Å²) in [6.07, 6.45) is 6.07. The number of urea groups is 1. The van der Waals surface area contributed by atoms with Crippen molar-refractivity contribution in [1.29, 1.82) is 0 Å². The molecule has 2 aliphatic rings. The fourth-order valence-electron chi connectivity index (χ4n) is 3.01. The third-order valence-corrected chi connectivity index (χ3v) is 4.16. The Morgan fingerprint density at radius 2 is 2.05 bits per heavy atom. The Labute approximate surface area is 115 Å². The molecular formula is C14H27N3O2. The number of nitrogens with one attached hydrogen (secondary N) is 1. The minimum absolute atomic E-state index is 0.0813. The van der Waals surface area contributed by atoms with Crippen molar-refractivity contribution in [2.45, 2.75) is 63.6 Å². The largest absolute Gasteiger partial charge is 0.379 e. The van der Waals surface area contributed by atoms with Crippen LogP contribution in [0.15, 0.2) is 0 Å². The number of hydrogen-bond acceptors (Lipinski definition) is 3. The molecule has 2 fully saturated rings. The Hall–Kier alpha value is -0.810. The van der Waals surface area contributed by atoms with Crippen molar-refractivity contribution in [2.75, 3.05) is 19.8 Å². The van der Waals surface area contributed by atoms with E-state index in [4.69, 9.17) is 10.5 Å². The fraction of sp³-hybridized carbons (Fsp3) is 0.929. The quantitative estimate of drug-likeness (QED) is 0.812. The van der Waals surface area contributed by atoms with Crippen LogP contribution in [0.25, 0.3) is 0 Å². The van der Waals surface area contributed by atoms with Crippen molar-refractivity contribution in [3.63, 3.8) is 0 Å². The number of ether oxygens (including phenoxy) is 1. The molecule has 3 N–H and O–H groups in total. The van der Waals surface area contributed by atoms with E-state index in [1.165, 1.54) is 0 Å². The molecule has 1 saturated heterocycles. The highest BCUT2D eigenvalue weighted by Crippen LogP contribution is 2.22. The number of nitrogens with two attached hydrogens (primary N) is 1. The van der Waals surface area contributed by atoms with Crippen LogP contribution in [0.3, 0.4) is 0 Å². The summed E-state index contributed by atoms with van der Waals surface area (Å²) in [5, 5.41) is 3.10. The van der Waals surface area contributed by atoms with Gasteiger partial charge < -0.3 is 20.7 Å². The molecule has 110 valence electrons. The van der Waals surface area contributed by atoms with Gasteiger partial charge in [0.15, 0.2) is 0 Å². The van der Waals surface area contributed by atoms with Crippen LogP contribution in [0.5, 0.6) is 0 Å². The second-order valence-corrected chi connectivity index (χ2v) is 5.77. The van der Waals surface area contributed by atoms with E-state index in [0.29, 0.717) is 18.7 Å². The molecule has 1 unspecified atom stereocenters. The molecule has 0 aromatic rings. The maximum atomic E-state index is 12.4. The van der Waals surface area contributed by atoms with Crippen LogP contribution in [-0.2, 0) is 4.74 Å². The van der Waals surface area contributed by atoms with Gasteiger partial charge in [-0.25, -0.2) is 4.79 Å². The predicted molar refractivity (Wildman–Crippen MR) is 75.0 cm³/mol. The molecule has 0 bridgehead atoms. The van der Waals surface area contributed by atoms with Crippen molar-refractivity contribution < 1.29 is 9.53 Å². The molecule has 2 rings (SSSR count). The van der Waals surface area contributed by atoms with Crippen molar-refractivity contribution in [2.24, 2.45) is 5.73 Å². The standard InChI is InChI=1S/C14H27N3O2/c1-2-8-17(13-5-3-11(15)4-6-13)14(18)16-12-7-9-19-10-12/h11-13H,2-10,15H2,1H3,(H,16,18). The van der Waals surface area contributed by atoms with Crippen LogP contribution in [-0.4, -0.2) is 48.8 Å². The average Bonchev–Trinajstić information content (AvgIpc) is 2.90. The Balaban J connectivity index is 1.88. The lowest BCUT2D eigenvalue weighted by Crippen LogP contribution is -2.51. The van der Waals surface area contributed by atoms with E-state index in [0.717, 1.165) is 51.7 Å². The van der Waals surface area contributed by atoms with E-state index in [-0.39, 0.29) is 12.1 Å². The molecule has 5 heteroatoms. The topological polar surface area (TPSA) is 67.6 Å². The monoisotopic (exact) mass is 269 g/mol. The molecule has 0 aromatic heterocycles. The van der Waals surface area contributed by atoms with Gasteiger partial charge in [0.25, 0.3) is 0 Å². The summed E-state index contributed by atoms with van der Waals surface area (Å²) in [5.41, 5.74) is 5.94. The van der Waals surface area contributed by atoms with E-state index in [1.807, 2.05) is 4.90 Å². The molecule has 5 nitrogen and oxygen atoms in total. The minimum atomic E-state index is 0.0813. The van der Waals surface area contributed by atoms with Crippen LogP contribution in [0.4, 0.5) is 4.79 Å². The van der Waals surface area contributed by atoms with Gasteiger partial charge in [0.2, 0.25) is 0 Å². The SMILES string of the molecule is CCCN(C(=O)NC1CCOC1)C1CCC(N)CC1. The highest BCUT2D eigenvalue weighted by Gasteiger charge is 2.28. The number of nitrogens with zero attached hydrogens (tertiary/aromatic N) is 1. The van der Waals surface area contributed by atoms with E-state index in [9.17, 15) is 4.79 Å². The third-order valence-electron chi connectivity index (χ3n) is 4.16. The van der Waals surface area contributed by atoms with Gasteiger partial charge >= 0.3 is 6.03 Å². The average molecular weight is 269 g/mol. The molecule has 1 heterocycles. The smallest absolute Gasteiger partial charge is 0.317 e. The first-order chi connectivity index (χ1) is 9.20. The van der Waals surface area contributed by atoms with Crippen LogP contribution in [0.1, 0.15) is 45.4 Å². The first-order valence-electron chi connectivity index (χ1n) is 7.61. The van der Waals surface area contributed by atoms with Crippen molar-refractivity contribution in [3.05, 3.63) is 0 Å². The molecule has 1 aliphatic heterocycles. The maximum absolute atomic E-state index is 12.4. The van der Waals surface area contributed by atoms with Crippen molar-refractivity contribution in [3.8, 4) is 0 Å². The normalized spacial score (nSPS) is 31.2. The van der Waals surface area contributed by atoms with Gasteiger partial charge in [-0.15, -0.1) is 0 Å². The Kier molecular flexibility index (Phi) is 5.45. The Morgan fingerprint density at radius 3 is 2.63 bits per heavy atom. The maximum Gasteiger partial charge on any atom is 0.317 e. The van der Waals surface area contributed by atoms with Crippen LogP contribution < -0.4 is 11.1 Å². The molecule has 1 aliphatic carbocycles. The highest BCUT2D eigenvalue weighted by molar-refractivity contribution is 5.75. The number of carbonyl (C=O) groups excluding carboxylic acids is 1. The second kappa shape index (κ2) is 7.10. The summed E-state index contributed by atoms with van der Waals surface area (Å²) in [4.78, 5) is 14.4. The predicted octanol–water partition coefficient (Wildman–Crippen LogP) is 1.47. The van der Waals surface area contributed by atoms with Crippen LogP contribution in [0.2, 0.25) is 0 Å². The number of hydrogen-bond donors (Lipinski definition) is 2. The summed E-state index contributed by atoms with van der Waals surface area (Å²) in [5.74, 6) is 0. The molecule has 0 spiro atoms. The van der Waals surface area contributed by atoms with Gasteiger partial charge in [0, 0.05) is 25.2 Å². The zero-order valence-electron chi connectivity index (χ0n) is 11.9.